The maximum atomic E-state index is 13.4. The van der Waals surface area contributed by atoms with Crippen LogP contribution in [0.3, 0.4) is 0 Å². The Kier molecular flexibility index (Phi) is 5.77. The maximum absolute atomic E-state index is 13.4. The second-order valence-electron chi connectivity index (χ2n) is 7.06. The van der Waals surface area contributed by atoms with Crippen molar-refractivity contribution in [2.45, 2.75) is 25.3 Å². The van der Waals surface area contributed by atoms with E-state index >= 15 is 0 Å². The van der Waals surface area contributed by atoms with E-state index in [1.165, 1.54) is 0 Å². The van der Waals surface area contributed by atoms with Crippen LogP contribution in [-0.2, 0) is 15.6 Å². The minimum absolute atomic E-state index is 0.213. The Balaban J connectivity index is 1.48. The zero-order chi connectivity index (χ0) is 20.5. The van der Waals surface area contributed by atoms with Gasteiger partial charge in [-0.25, -0.2) is 18.6 Å². The summed E-state index contributed by atoms with van der Waals surface area (Å²) < 4.78 is 38.8. The van der Waals surface area contributed by atoms with Gasteiger partial charge in [-0.2, -0.15) is 0 Å². The predicted molar refractivity (Wildman–Crippen MR) is 107 cm³/mol. The second-order valence-corrected chi connectivity index (χ2v) is 9.79. The number of amides is 3. The molecule has 0 radical (unpaired) electrons. The fourth-order valence-corrected chi connectivity index (χ4v) is 5.54. The van der Waals surface area contributed by atoms with Crippen LogP contribution < -0.4 is 5.32 Å². The van der Waals surface area contributed by atoms with Crippen molar-refractivity contribution < 1.29 is 22.6 Å². The van der Waals surface area contributed by atoms with Crippen molar-refractivity contribution >= 4 is 49.4 Å². The zero-order valence-electron chi connectivity index (χ0n) is 15.5. The minimum atomic E-state index is -0.993. The molecule has 4 rings (SSSR count). The van der Waals surface area contributed by atoms with Gasteiger partial charge in [0.1, 0.15) is 6.04 Å². The van der Waals surface area contributed by atoms with Crippen molar-refractivity contribution in [1.82, 2.24) is 14.8 Å². The van der Waals surface area contributed by atoms with Crippen LogP contribution >= 0.6 is 11.3 Å². The number of thiazole rings is 1. The SMILES string of the molecule is O=C(Nc1nc2cc(F)c(F)cc2s1)[C@@H]1CCCCN1C(=O)N1CCS(=O)CC1. The Bertz CT molecular complexity index is 934. The lowest BCUT2D eigenvalue weighted by Gasteiger charge is -2.39. The number of aromatic nitrogens is 1. The molecule has 2 aromatic rings. The average Bonchev–Trinajstić information content (AvgIpc) is 3.09. The number of carbonyl (C=O) groups is 2. The molecule has 1 aromatic carbocycles. The zero-order valence-corrected chi connectivity index (χ0v) is 17.2. The molecule has 1 atom stereocenters. The largest absolute Gasteiger partial charge is 0.323 e. The number of nitrogens with one attached hydrogen (secondary N) is 1. The van der Waals surface area contributed by atoms with E-state index in [1.807, 2.05) is 0 Å². The van der Waals surface area contributed by atoms with Gasteiger partial charge < -0.3 is 15.1 Å². The molecule has 0 spiro atoms. The Morgan fingerprint density at radius 2 is 1.86 bits per heavy atom. The van der Waals surface area contributed by atoms with Gasteiger partial charge in [0.2, 0.25) is 5.91 Å². The van der Waals surface area contributed by atoms with Crippen molar-refractivity contribution in [2.75, 3.05) is 36.5 Å². The van der Waals surface area contributed by atoms with E-state index in [0.29, 0.717) is 42.3 Å². The molecule has 0 bridgehead atoms. The number of rotatable bonds is 2. The molecule has 2 saturated heterocycles. The first-order valence-electron chi connectivity index (χ1n) is 9.39. The van der Waals surface area contributed by atoms with E-state index in [-0.39, 0.29) is 22.6 Å². The number of halogens is 2. The number of likely N-dealkylation sites (tertiary alicyclic amines) is 1. The quantitative estimate of drug-likeness (QED) is 0.775. The van der Waals surface area contributed by atoms with Gasteiger partial charge in [0.15, 0.2) is 16.8 Å². The molecule has 0 aliphatic carbocycles. The number of piperidine rings is 1. The molecular formula is C18H20F2N4O3S2. The normalized spacial score (nSPS) is 20.8. The number of urea groups is 1. The van der Waals surface area contributed by atoms with E-state index in [4.69, 9.17) is 0 Å². The molecule has 2 aliphatic rings. The van der Waals surface area contributed by atoms with Crippen molar-refractivity contribution in [3.05, 3.63) is 23.8 Å². The average molecular weight is 443 g/mol. The molecule has 7 nitrogen and oxygen atoms in total. The van der Waals surface area contributed by atoms with Gasteiger partial charge in [0.25, 0.3) is 0 Å². The minimum Gasteiger partial charge on any atom is -0.323 e. The van der Waals surface area contributed by atoms with Crippen LogP contribution in [0.25, 0.3) is 10.2 Å². The van der Waals surface area contributed by atoms with E-state index in [0.717, 1.165) is 36.3 Å². The van der Waals surface area contributed by atoms with Gasteiger partial charge in [0.05, 0.1) is 10.2 Å². The monoisotopic (exact) mass is 442 g/mol. The van der Waals surface area contributed by atoms with E-state index in [2.05, 4.69) is 10.3 Å². The topological polar surface area (TPSA) is 82.6 Å². The lowest BCUT2D eigenvalue weighted by molar-refractivity contribution is -0.121. The summed E-state index contributed by atoms with van der Waals surface area (Å²) >= 11 is 1.05. The molecule has 156 valence electrons. The number of nitrogens with zero attached hydrogens (tertiary/aromatic N) is 3. The van der Waals surface area contributed by atoms with Crippen LogP contribution in [0, 0.1) is 11.6 Å². The Morgan fingerprint density at radius 3 is 2.62 bits per heavy atom. The number of anilines is 1. The molecule has 0 saturated carbocycles. The molecular weight excluding hydrogens is 422 g/mol. The number of fused-ring (bicyclic) bond motifs is 1. The van der Waals surface area contributed by atoms with E-state index in [1.54, 1.807) is 9.80 Å². The first kappa shape index (κ1) is 20.1. The Morgan fingerprint density at radius 1 is 1.14 bits per heavy atom. The molecule has 11 heteroatoms. The molecule has 0 unspecified atom stereocenters. The highest BCUT2D eigenvalue weighted by Gasteiger charge is 2.35. The van der Waals surface area contributed by atoms with Crippen LogP contribution in [0.1, 0.15) is 19.3 Å². The molecule has 29 heavy (non-hydrogen) atoms. The lowest BCUT2D eigenvalue weighted by atomic mass is 10.0. The molecule has 2 fully saturated rings. The van der Waals surface area contributed by atoms with Crippen LogP contribution in [0.5, 0.6) is 0 Å². The second kappa shape index (κ2) is 8.31. The van der Waals surface area contributed by atoms with Crippen LogP contribution in [0.2, 0.25) is 0 Å². The smallest absolute Gasteiger partial charge is 0.320 e. The highest BCUT2D eigenvalue weighted by Crippen LogP contribution is 2.29. The summed E-state index contributed by atoms with van der Waals surface area (Å²) in [6, 6.07) is 1.20. The van der Waals surface area contributed by atoms with Crippen molar-refractivity contribution in [1.29, 1.82) is 0 Å². The third-order valence-electron chi connectivity index (χ3n) is 5.16. The van der Waals surface area contributed by atoms with Crippen LogP contribution in [0.15, 0.2) is 12.1 Å². The van der Waals surface area contributed by atoms with Gasteiger partial charge in [-0.3, -0.25) is 9.00 Å². The first-order valence-corrected chi connectivity index (χ1v) is 11.7. The summed E-state index contributed by atoms with van der Waals surface area (Å²) in [6.45, 7) is 1.32. The summed E-state index contributed by atoms with van der Waals surface area (Å²) in [5, 5.41) is 2.93. The third-order valence-corrected chi connectivity index (χ3v) is 7.37. The number of hydrogen-bond donors (Lipinski definition) is 1. The van der Waals surface area contributed by atoms with Gasteiger partial charge >= 0.3 is 6.03 Å². The Hall–Kier alpha value is -2.14. The van der Waals surface area contributed by atoms with E-state index < -0.39 is 28.5 Å². The highest BCUT2D eigenvalue weighted by molar-refractivity contribution is 7.85. The summed E-state index contributed by atoms with van der Waals surface area (Å²) in [5.41, 5.74) is 0.266. The van der Waals surface area contributed by atoms with Crippen LogP contribution in [0.4, 0.5) is 18.7 Å². The van der Waals surface area contributed by atoms with Gasteiger partial charge in [-0.1, -0.05) is 11.3 Å². The van der Waals surface area contributed by atoms with Crippen molar-refractivity contribution in [2.24, 2.45) is 0 Å². The van der Waals surface area contributed by atoms with E-state index in [9.17, 15) is 22.6 Å². The van der Waals surface area contributed by atoms with Gasteiger partial charge in [-0.05, 0) is 25.3 Å². The molecule has 3 heterocycles. The predicted octanol–water partition coefficient (Wildman–Crippen LogP) is 2.55. The molecule has 1 N–H and O–H groups in total. The fraction of sp³-hybridized carbons (Fsp3) is 0.500. The molecule has 2 aliphatic heterocycles. The van der Waals surface area contributed by atoms with Crippen molar-refractivity contribution in [3.8, 4) is 0 Å². The summed E-state index contributed by atoms with van der Waals surface area (Å²) in [5.74, 6) is -1.42. The van der Waals surface area contributed by atoms with Crippen LogP contribution in [-0.4, -0.2) is 68.1 Å². The lowest BCUT2D eigenvalue weighted by Crippen LogP contribution is -2.56. The Labute approximate surface area is 172 Å². The summed E-state index contributed by atoms with van der Waals surface area (Å²) in [7, 11) is -0.890. The number of carbonyl (C=O) groups excluding carboxylic acids is 2. The standard InChI is InChI=1S/C18H20F2N4O3S2/c19-11-9-13-15(10-12(11)20)28-17(21-13)22-16(25)14-3-1-2-4-24(14)18(26)23-5-7-29(27)8-6-23/h9-10,14H,1-8H2,(H,21,22,25)/t14-/m0/s1. The summed E-state index contributed by atoms with van der Waals surface area (Å²) in [6.07, 6.45) is 2.17. The third kappa shape index (κ3) is 4.25. The molecule has 3 amide bonds. The highest BCUT2D eigenvalue weighted by atomic mass is 32.2. The number of benzene rings is 1. The van der Waals surface area contributed by atoms with Gasteiger partial charge in [0, 0.05) is 48.0 Å². The molecule has 1 aromatic heterocycles. The fourth-order valence-electron chi connectivity index (χ4n) is 3.61. The summed E-state index contributed by atoms with van der Waals surface area (Å²) in [4.78, 5) is 33.2. The maximum Gasteiger partial charge on any atom is 0.320 e. The first-order chi connectivity index (χ1) is 13.9. The van der Waals surface area contributed by atoms with Gasteiger partial charge in [-0.15, -0.1) is 0 Å². The number of hydrogen-bond acceptors (Lipinski definition) is 5. The van der Waals surface area contributed by atoms with Crippen molar-refractivity contribution in [3.63, 3.8) is 0 Å².